The molecule has 4 atom stereocenters. The van der Waals surface area contributed by atoms with Crippen LogP contribution in [-0.4, -0.2) is 87.4 Å². The van der Waals surface area contributed by atoms with E-state index in [1.807, 2.05) is 0 Å². The molecule has 0 aliphatic heterocycles. The summed E-state index contributed by atoms with van der Waals surface area (Å²) in [6.45, 7) is 10.9. The standard InChI is InChI=1S/C31H42N4O8/c1-8-43-34-14(2)17-10-16(12-33-13-30(3,4)5)24(36)21-18(17)9-15-11-19-23(35(6)7)26(38)22(29(32)41)28(40)31(19,42)27(39)20(15)25(21)37/h10,15,19,23,33,36,38-39,42H,8-9,11-13H2,1-7H3,(H2,32,41)/t15-,19-,23-,31-/m0/s1. The number of rotatable bonds is 8. The third-order valence-electron chi connectivity index (χ3n) is 8.49. The van der Waals surface area contributed by atoms with Crippen LogP contribution < -0.4 is 11.1 Å². The van der Waals surface area contributed by atoms with Crippen molar-refractivity contribution in [3.8, 4) is 5.75 Å². The van der Waals surface area contributed by atoms with Crippen molar-refractivity contribution in [3.63, 3.8) is 0 Å². The van der Waals surface area contributed by atoms with Crippen molar-refractivity contribution in [1.29, 1.82) is 0 Å². The lowest BCUT2D eigenvalue weighted by Gasteiger charge is -2.50. The summed E-state index contributed by atoms with van der Waals surface area (Å²) in [5, 5.41) is 53.3. The number of aromatic hydroxyl groups is 1. The number of amides is 1. The minimum atomic E-state index is -2.69. The van der Waals surface area contributed by atoms with E-state index in [2.05, 4.69) is 31.2 Å². The molecule has 43 heavy (non-hydrogen) atoms. The van der Waals surface area contributed by atoms with Crippen LogP contribution in [0.15, 0.2) is 33.9 Å². The maximum atomic E-state index is 14.2. The number of nitrogens with two attached hydrogens (primary N) is 1. The molecule has 0 radical (unpaired) electrons. The van der Waals surface area contributed by atoms with Gasteiger partial charge in [-0.1, -0.05) is 25.9 Å². The second-order valence-electron chi connectivity index (χ2n) is 13.0. The lowest BCUT2D eigenvalue weighted by molar-refractivity contribution is -0.148. The molecule has 0 saturated carbocycles. The molecule has 7 N–H and O–H groups in total. The number of benzene rings is 1. The predicted molar refractivity (Wildman–Crippen MR) is 159 cm³/mol. The lowest BCUT2D eigenvalue weighted by Crippen LogP contribution is -2.63. The van der Waals surface area contributed by atoms with Crippen molar-refractivity contribution in [3.05, 3.63) is 51.0 Å². The van der Waals surface area contributed by atoms with Gasteiger partial charge in [0.15, 0.2) is 11.4 Å². The first-order valence-corrected chi connectivity index (χ1v) is 14.4. The Morgan fingerprint density at radius 2 is 1.88 bits per heavy atom. The monoisotopic (exact) mass is 598 g/mol. The van der Waals surface area contributed by atoms with Gasteiger partial charge in [-0.25, -0.2) is 0 Å². The van der Waals surface area contributed by atoms with Crippen LogP contribution in [-0.2, 0) is 27.4 Å². The van der Waals surface area contributed by atoms with Gasteiger partial charge in [0.2, 0.25) is 5.78 Å². The average molecular weight is 599 g/mol. The van der Waals surface area contributed by atoms with Gasteiger partial charge in [-0.3, -0.25) is 19.3 Å². The van der Waals surface area contributed by atoms with E-state index in [0.717, 1.165) is 0 Å². The Hall–Kier alpha value is -3.74. The third-order valence-corrected chi connectivity index (χ3v) is 8.49. The van der Waals surface area contributed by atoms with Crippen LogP contribution in [0.1, 0.15) is 68.1 Å². The van der Waals surface area contributed by atoms with Crippen LogP contribution in [0.5, 0.6) is 5.75 Å². The second-order valence-corrected chi connectivity index (χ2v) is 13.0. The Labute approximate surface area is 250 Å². The lowest BCUT2D eigenvalue weighted by atomic mass is 9.58. The van der Waals surface area contributed by atoms with Crippen molar-refractivity contribution in [2.45, 2.75) is 65.6 Å². The number of carbonyl (C=O) groups is 3. The molecule has 234 valence electrons. The summed E-state index contributed by atoms with van der Waals surface area (Å²) in [5.74, 6) is -6.86. The smallest absolute Gasteiger partial charge is 0.255 e. The fourth-order valence-corrected chi connectivity index (χ4v) is 6.61. The summed E-state index contributed by atoms with van der Waals surface area (Å²) >= 11 is 0. The molecule has 1 aromatic carbocycles. The molecule has 12 nitrogen and oxygen atoms in total. The minimum Gasteiger partial charge on any atom is -0.510 e. The molecule has 3 aliphatic carbocycles. The highest BCUT2D eigenvalue weighted by Gasteiger charge is 2.63. The number of phenols is 1. The van der Waals surface area contributed by atoms with Crippen LogP contribution in [0.25, 0.3) is 0 Å². The number of hydrogen-bond donors (Lipinski definition) is 6. The van der Waals surface area contributed by atoms with Crippen LogP contribution in [0.4, 0.5) is 0 Å². The third kappa shape index (κ3) is 5.32. The number of allylic oxidation sites excluding steroid dienone is 1. The van der Waals surface area contributed by atoms with E-state index in [-0.39, 0.29) is 41.7 Å². The molecule has 0 unspecified atom stereocenters. The van der Waals surface area contributed by atoms with E-state index >= 15 is 0 Å². The molecule has 0 aromatic heterocycles. The van der Waals surface area contributed by atoms with Crippen molar-refractivity contribution >= 4 is 23.2 Å². The number of likely N-dealkylation sites (N-methyl/N-ethyl adjacent to an activating group) is 1. The Morgan fingerprint density at radius 1 is 1.23 bits per heavy atom. The first-order valence-electron chi connectivity index (χ1n) is 14.4. The quantitative estimate of drug-likeness (QED) is 0.146. The zero-order chi connectivity index (χ0) is 32.2. The number of nitrogens with one attached hydrogen (secondary N) is 1. The maximum Gasteiger partial charge on any atom is 0.255 e. The van der Waals surface area contributed by atoms with Crippen molar-refractivity contribution in [1.82, 2.24) is 10.2 Å². The van der Waals surface area contributed by atoms with E-state index < -0.39 is 58.0 Å². The van der Waals surface area contributed by atoms with E-state index in [4.69, 9.17) is 10.6 Å². The zero-order valence-electron chi connectivity index (χ0n) is 25.7. The second kappa shape index (κ2) is 11.4. The number of aliphatic hydroxyl groups excluding tert-OH is 2. The van der Waals surface area contributed by atoms with Crippen LogP contribution in [0, 0.1) is 17.3 Å². The number of primary amides is 1. The van der Waals surface area contributed by atoms with Gasteiger partial charge in [-0.05, 0) is 63.7 Å². The molecule has 1 amide bonds. The van der Waals surface area contributed by atoms with Gasteiger partial charge in [-0.2, -0.15) is 0 Å². The SMILES string of the molecule is CCON=C(C)c1cc(CNCC(C)(C)C)c(O)c2c1C[C@H]1C[C@H]3[C@H](N(C)C)C(O)=C(C(N)=O)C(=O)[C@@]3(O)C(O)=C1C2=O. The molecule has 0 bridgehead atoms. The van der Waals surface area contributed by atoms with Gasteiger partial charge in [0, 0.05) is 35.7 Å². The molecular weight excluding hydrogens is 556 g/mol. The zero-order valence-corrected chi connectivity index (χ0v) is 25.7. The first kappa shape index (κ1) is 32.2. The Bertz CT molecular complexity index is 1470. The molecule has 0 saturated heterocycles. The highest BCUT2D eigenvalue weighted by Crippen LogP contribution is 2.52. The molecule has 4 rings (SSSR count). The number of carbonyl (C=O) groups excluding carboxylic acids is 3. The fourth-order valence-electron chi connectivity index (χ4n) is 6.61. The molecule has 3 aliphatic rings. The first-order chi connectivity index (χ1) is 20.0. The Balaban J connectivity index is 1.93. The van der Waals surface area contributed by atoms with Gasteiger partial charge in [0.05, 0.1) is 17.3 Å². The summed E-state index contributed by atoms with van der Waals surface area (Å²) in [4.78, 5) is 46.8. The van der Waals surface area contributed by atoms with Crippen molar-refractivity contribution in [2.24, 2.45) is 28.1 Å². The summed E-state index contributed by atoms with van der Waals surface area (Å²) in [6, 6.07) is 0.708. The molecule has 0 fully saturated rings. The van der Waals surface area contributed by atoms with E-state index in [9.17, 15) is 34.8 Å². The number of fused-ring (bicyclic) bond motifs is 3. The summed E-state index contributed by atoms with van der Waals surface area (Å²) in [6.07, 6.45) is 0.161. The van der Waals surface area contributed by atoms with E-state index in [1.165, 1.54) is 4.90 Å². The van der Waals surface area contributed by atoms with Crippen molar-refractivity contribution in [2.75, 3.05) is 27.2 Å². The van der Waals surface area contributed by atoms with Gasteiger partial charge < -0.3 is 36.3 Å². The normalized spacial score (nSPS) is 26.0. The number of phenolic OH excluding ortho intramolecular Hbond substituents is 1. The van der Waals surface area contributed by atoms with Crippen molar-refractivity contribution < 1.29 is 39.6 Å². The minimum absolute atomic E-state index is 0.00248. The Morgan fingerprint density at radius 3 is 2.44 bits per heavy atom. The number of oxime groups is 1. The fraction of sp³-hybridized carbons (Fsp3) is 0.548. The van der Waals surface area contributed by atoms with E-state index in [1.54, 1.807) is 34.0 Å². The summed E-state index contributed by atoms with van der Waals surface area (Å²) < 4.78 is 0. The highest BCUT2D eigenvalue weighted by atomic mass is 16.6. The van der Waals surface area contributed by atoms with Crippen LogP contribution in [0.2, 0.25) is 0 Å². The molecular formula is C31H42N4O8. The predicted octanol–water partition coefficient (Wildman–Crippen LogP) is 2.02. The van der Waals surface area contributed by atoms with Gasteiger partial charge in [0.1, 0.15) is 29.4 Å². The topological polar surface area (TPSA) is 195 Å². The number of nitrogens with zero attached hydrogens (tertiary/aromatic N) is 2. The average Bonchev–Trinajstić information content (AvgIpc) is 2.89. The number of ketones is 2. The molecule has 1 aromatic rings. The number of Topliss-reactive ketones (excluding diaryl/α,β-unsaturated/α-hetero) is 2. The number of hydrogen-bond acceptors (Lipinski definition) is 11. The highest BCUT2D eigenvalue weighted by molar-refractivity contribution is 6.25. The maximum absolute atomic E-state index is 14.2. The number of aliphatic hydroxyl groups is 3. The summed E-state index contributed by atoms with van der Waals surface area (Å²) in [7, 11) is 3.18. The summed E-state index contributed by atoms with van der Waals surface area (Å²) in [5.41, 5.74) is 3.56. The van der Waals surface area contributed by atoms with Crippen LogP contribution in [0.3, 0.4) is 0 Å². The van der Waals surface area contributed by atoms with Gasteiger partial charge in [0.25, 0.3) is 5.91 Å². The molecule has 0 heterocycles. The van der Waals surface area contributed by atoms with E-state index in [0.29, 0.717) is 35.6 Å². The Kier molecular flexibility index (Phi) is 8.53. The molecule has 0 spiro atoms. The van der Waals surface area contributed by atoms with Crippen LogP contribution >= 0.6 is 0 Å². The van der Waals surface area contributed by atoms with Gasteiger partial charge >= 0.3 is 0 Å². The molecule has 12 heteroatoms. The van der Waals surface area contributed by atoms with Gasteiger partial charge in [-0.15, -0.1) is 0 Å². The largest absolute Gasteiger partial charge is 0.510 e.